The average molecular weight is 312 g/mol. The van der Waals surface area contributed by atoms with E-state index in [1.54, 1.807) is 11.3 Å². The number of urea groups is 1. The number of carbonyl (C=O) groups is 1. The van der Waals surface area contributed by atoms with E-state index in [-0.39, 0.29) is 17.4 Å². The zero-order valence-corrected chi connectivity index (χ0v) is 14.5. The smallest absolute Gasteiger partial charge is 0.314 e. The fourth-order valence-corrected chi connectivity index (χ4v) is 3.08. The van der Waals surface area contributed by atoms with Gasteiger partial charge in [-0.2, -0.15) is 0 Å². The second-order valence-corrected chi connectivity index (χ2v) is 7.64. The van der Waals surface area contributed by atoms with E-state index in [1.165, 1.54) is 4.88 Å². The first kappa shape index (κ1) is 18.0. The van der Waals surface area contributed by atoms with E-state index in [2.05, 4.69) is 23.6 Å². The molecule has 2 atom stereocenters. The molecule has 1 rings (SSSR count). The van der Waals surface area contributed by atoms with Crippen LogP contribution < -0.4 is 10.6 Å². The van der Waals surface area contributed by atoms with Crippen LogP contribution in [0.15, 0.2) is 17.5 Å². The molecule has 2 amide bonds. The van der Waals surface area contributed by atoms with E-state index in [9.17, 15) is 9.90 Å². The van der Waals surface area contributed by atoms with Crippen molar-refractivity contribution in [1.82, 2.24) is 10.6 Å². The van der Waals surface area contributed by atoms with Crippen LogP contribution in [0.1, 0.15) is 45.4 Å². The van der Waals surface area contributed by atoms with Crippen LogP contribution >= 0.6 is 11.3 Å². The van der Waals surface area contributed by atoms with Crippen LogP contribution in [0.3, 0.4) is 0 Å². The van der Waals surface area contributed by atoms with E-state index < -0.39 is 6.10 Å². The highest BCUT2D eigenvalue weighted by molar-refractivity contribution is 7.10. The zero-order chi connectivity index (χ0) is 16.0. The molecule has 0 radical (unpaired) electrons. The predicted molar refractivity (Wildman–Crippen MR) is 88.8 cm³/mol. The Balaban J connectivity index is 2.34. The summed E-state index contributed by atoms with van der Waals surface area (Å²) in [5.74, 6) is 0.480. The standard InChI is InChI=1S/C16H28N2O2S/c1-11(2)14(19)16(4,5)10-18-15(20)17-9-12(3)13-7-6-8-21-13/h6-8,11-12,14,19H,9-10H2,1-5H3,(H2,17,18,20). The van der Waals surface area contributed by atoms with E-state index in [1.807, 2.05) is 39.1 Å². The summed E-state index contributed by atoms with van der Waals surface area (Å²) in [7, 11) is 0. The van der Waals surface area contributed by atoms with Gasteiger partial charge in [0.15, 0.2) is 0 Å². The molecule has 120 valence electrons. The highest BCUT2D eigenvalue weighted by atomic mass is 32.1. The summed E-state index contributed by atoms with van der Waals surface area (Å²) in [6, 6.07) is 3.92. The summed E-state index contributed by atoms with van der Waals surface area (Å²) < 4.78 is 0. The first-order valence-electron chi connectivity index (χ1n) is 7.47. The zero-order valence-electron chi connectivity index (χ0n) is 13.6. The van der Waals surface area contributed by atoms with Gasteiger partial charge in [-0.15, -0.1) is 11.3 Å². The molecular formula is C16H28N2O2S. The molecule has 0 saturated carbocycles. The second kappa shape index (κ2) is 7.80. The summed E-state index contributed by atoms with van der Waals surface area (Å²) in [4.78, 5) is 13.1. The van der Waals surface area contributed by atoms with Crippen LogP contribution in [0.25, 0.3) is 0 Å². The predicted octanol–water partition coefficient (Wildman–Crippen LogP) is 3.19. The highest BCUT2D eigenvalue weighted by Crippen LogP contribution is 2.25. The van der Waals surface area contributed by atoms with E-state index >= 15 is 0 Å². The summed E-state index contributed by atoms with van der Waals surface area (Å²) >= 11 is 1.70. The van der Waals surface area contributed by atoms with E-state index in [0.29, 0.717) is 19.0 Å². The molecule has 0 saturated heterocycles. The Morgan fingerprint density at radius 2 is 2.00 bits per heavy atom. The molecule has 0 fully saturated rings. The van der Waals surface area contributed by atoms with Gasteiger partial charge in [-0.3, -0.25) is 0 Å². The van der Waals surface area contributed by atoms with Gasteiger partial charge in [0.05, 0.1) is 6.10 Å². The van der Waals surface area contributed by atoms with Gasteiger partial charge >= 0.3 is 6.03 Å². The lowest BCUT2D eigenvalue weighted by Crippen LogP contribution is -2.46. The first-order chi connectivity index (χ1) is 9.74. The second-order valence-electron chi connectivity index (χ2n) is 6.66. The Hall–Kier alpha value is -1.07. The Morgan fingerprint density at radius 3 is 2.52 bits per heavy atom. The minimum atomic E-state index is -0.442. The van der Waals surface area contributed by atoms with E-state index in [0.717, 1.165) is 0 Å². The Kier molecular flexibility index (Phi) is 6.68. The summed E-state index contributed by atoms with van der Waals surface area (Å²) in [6.45, 7) is 11.0. The molecule has 0 aliphatic carbocycles. The maximum absolute atomic E-state index is 11.9. The molecular weight excluding hydrogens is 284 g/mol. The fraction of sp³-hybridized carbons (Fsp3) is 0.688. The maximum Gasteiger partial charge on any atom is 0.314 e. The van der Waals surface area contributed by atoms with Gasteiger partial charge in [0.2, 0.25) is 0 Å². The number of rotatable bonds is 7. The molecule has 21 heavy (non-hydrogen) atoms. The number of aliphatic hydroxyl groups is 1. The minimum absolute atomic E-state index is 0.170. The van der Waals surface area contributed by atoms with Gasteiger partial charge < -0.3 is 15.7 Å². The number of amides is 2. The van der Waals surface area contributed by atoms with Crippen LogP contribution in [0.4, 0.5) is 4.79 Å². The van der Waals surface area contributed by atoms with Crippen molar-refractivity contribution < 1.29 is 9.90 Å². The lowest BCUT2D eigenvalue weighted by molar-refractivity contribution is 0.0151. The van der Waals surface area contributed by atoms with Crippen LogP contribution in [-0.2, 0) is 0 Å². The normalized spacial score (nSPS) is 14.8. The number of hydrogen-bond donors (Lipinski definition) is 3. The molecule has 5 heteroatoms. The lowest BCUT2D eigenvalue weighted by atomic mass is 9.81. The number of hydrogen-bond acceptors (Lipinski definition) is 3. The Labute approximate surface area is 132 Å². The topological polar surface area (TPSA) is 61.4 Å². The molecule has 0 aliphatic heterocycles. The van der Waals surface area contributed by atoms with Crippen molar-refractivity contribution in [2.75, 3.05) is 13.1 Å². The van der Waals surface area contributed by atoms with E-state index in [4.69, 9.17) is 0 Å². The third-order valence-electron chi connectivity index (χ3n) is 3.73. The first-order valence-corrected chi connectivity index (χ1v) is 8.35. The minimum Gasteiger partial charge on any atom is -0.392 e. The Bertz CT molecular complexity index is 429. The van der Waals surface area contributed by atoms with Crippen LogP contribution in [0.2, 0.25) is 0 Å². The van der Waals surface area contributed by atoms with Crippen molar-refractivity contribution in [3.8, 4) is 0 Å². The summed E-state index contributed by atoms with van der Waals surface area (Å²) in [5.41, 5.74) is -0.342. The Morgan fingerprint density at radius 1 is 1.33 bits per heavy atom. The molecule has 0 spiro atoms. The molecule has 1 heterocycles. The largest absolute Gasteiger partial charge is 0.392 e. The average Bonchev–Trinajstić information content (AvgIpc) is 2.95. The number of nitrogens with one attached hydrogen (secondary N) is 2. The van der Waals surface area contributed by atoms with Crippen molar-refractivity contribution in [2.45, 2.75) is 46.6 Å². The van der Waals surface area contributed by atoms with Crippen molar-refractivity contribution in [2.24, 2.45) is 11.3 Å². The quantitative estimate of drug-likeness (QED) is 0.724. The third-order valence-corrected chi connectivity index (χ3v) is 4.84. The molecule has 4 nitrogen and oxygen atoms in total. The molecule has 0 bridgehead atoms. The maximum atomic E-state index is 11.9. The van der Waals surface area contributed by atoms with Crippen molar-refractivity contribution in [3.63, 3.8) is 0 Å². The molecule has 0 aromatic carbocycles. The van der Waals surface area contributed by atoms with Gasteiger partial charge in [-0.1, -0.05) is 40.7 Å². The highest BCUT2D eigenvalue weighted by Gasteiger charge is 2.30. The number of aliphatic hydroxyl groups excluding tert-OH is 1. The summed E-state index contributed by atoms with van der Waals surface area (Å²) in [6.07, 6.45) is -0.442. The number of thiophene rings is 1. The van der Waals surface area contributed by atoms with Gasteiger partial charge in [-0.25, -0.2) is 4.79 Å². The molecule has 0 aliphatic rings. The molecule has 1 aromatic rings. The van der Waals surface area contributed by atoms with Crippen molar-refractivity contribution >= 4 is 17.4 Å². The molecule has 2 unspecified atom stereocenters. The van der Waals surface area contributed by atoms with Gasteiger partial charge in [0, 0.05) is 29.3 Å². The van der Waals surface area contributed by atoms with Crippen molar-refractivity contribution in [3.05, 3.63) is 22.4 Å². The number of carbonyl (C=O) groups excluding carboxylic acids is 1. The summed E-state index contributed by atoms with van der Waals surface area (Å²) in [5, 5.41) is 17.9. The van der Waals surface area contributed by atoms with Gasteiger partial charge in [-0.05, 0) is 17.4 Å². The van der Waals surface area contributed by atoms with Crippen LogP contribution in [0, 0.1) is 11.3 Å². The van der Waals surface area contributed by atoms with Gasteiger partial charge in [0.25, 0.3) is 0 Å². The molecule has 3 N–H and O–H groups in total. The van der Waals surface area contributed by atoms with Crippen LogP contribution in [-0.4, -0.2) is 30.3 Å². The fourth-order valence-electron chi connectivity index (χ4n) is 2.30. The van der Waals surface area contributed by atoms with Crippen LogP contribution in [0.5, 0.6) is 0 Å². The monoisotopic (exact) mass is 312 g/mol. The third kappa shape index (κ3) is 5.67. The SMILES string of the molecule is CC(CNC(=O)NCC(C)(C)C(O)C(C)C)c1cccs1. The van der Waals surface area contributed by atoms with Gasteiger partial charge in [0.1, 0.15) is 0 Å². The lowest BCUT2D eigenvalue weighted by Gasteiger charge is -2.33. The molecule has 1 aromatic heterocycles. The van der Waals surface area contributed by atoms with Crippen molar-refractivity contribution in [1.29, 1.82) is 0 Å².